The van der Waals surface area contributed by atoms with Crippen molar-refractivity contribution in [2.45, 2.75) is 5.16 Å². The molecule has 0 radical (unpaired) electrons. The maximum absolute atomic E-state index is 5.66. The van der Waals surface area contributed by atoms with Crippen molar-refractivity contribution in [2.24, 2.45) is 0 Å². The minimum absolute atomic E-state index is 0.130. The summed E-state index contributed by atoms with van der Waals surface area (Å²) in [5.74, 6) is 1.28. The fourth-order valence-electron chi connectivity index (χ4n) is 1.89. The molecule has 0 amide bonds. The highest BCUT2D eigenvalue weighted by Gasteiger charge is 2.13. The van der Waals surface area contributed by atoms with Crippen LogP contribution in [0.4, 0.5) is 0 Å². The van der Waals surface area contributed by atoms with Gasteiger partial charge in [0.25, 0.3) is 0 Å². The highest BCUT2D eigenvalue weighted by atomic mass is 32.2. The van der Waals surface area contributed by atoms with Gasteiger partial charge in [0.2, 0.25) is 5.16 Å². The fourth-order valence-corrected chi connectivity index (χ4v) is 2.62. The Hall–Kier alpha value is -2.10. The lowest BCUT2D eigenvalue weighted by molar-refractivity contribution is 0.0515. The highest BCUT2D eigenvalue weighted by Crippen LogP contribution is 2.32. The number of benzene rings is 1. The first-order valence-electron chi connectivity index (χ1n) is 6.58. The smallest absolute Gasteiger partial charge is 0.208 e. The van der Waals surface area contributed by atoms with Crippen molar-refractivity contribution in [3.63, 3.8) is 0 Å². The van der Waals surface area contributed by atoms with Crippen LogP contribution in [-0.4, -0.2) is 44.7 Å². The zero-order valence-electron chi connectivity index (χ0n) is 12.5. The molecule has 0 bridgehead atoms. The molecule has 7 nitrogen and oxygen atoms in total. The Kier molecular flexibility index (Phi) is 5.11. The Labute approximate surface area is 141 Å². The molecule has 9 heteroatoms. The summed E-state index contributed by atoms with van der Waals surface area (Å²) in [4.78, 5) is 8.46. The Morgan fingerprint density at radius 3 is 2.78 bits per heavy atom. The summed E-state index contributed by atoms with van der Waals surface area (Å²) in [5, 5.41) is 8.88. The van der Waals surface area contributed by atoms with Crippen molar-refractivity contribution in [1.29, 1.82) is 0 Å². The van der Waals surface area contributed by atoms with Crippen molar-refractivity contribution >= 4 is 23.3 Å². The summed E-state index contributed by atoms with van der Waals surface area (Å²) >= 11 is 2.74. The fraction of sp³-hybridized carbons (Fsp3) is 0.214. The molecular formula is C14H13N5O2S2. The third-order valence-electron chi connectivity index (χ3n) is 2.93. The minimum atomic E-state index is 0.130. The molecule has 0 unspecified atom stereocenters. The highest BCUT2D eigenvalue weighted by molar-refractivity contribution is 7.98. The predicted molar refractivity (Wildman–Crippen MR) is 88.5 cm³/mol. The van der Waals surface area contributed by atoms with Crippen LogP contribution in [0.5, 0.6) is 5.75 Å². The summed E-state index contributed by atoms with van der Waals surface area (Å²) < 4.78 is 14.9. The normalized spacial score (nSPS) is 10.7. The van der Waals surface area contributed by atoms with Crippen LogP contribution >= 0.6 is 23.3 Å². The lowest BCUT2D eigenvalue weighted by Crippen LogP contribution is -2.02. The summed E-state index contributed by atoms with van der Waals surface area (Å²) in [6, 6.07) is 5.67. The molecule has 0 aliphatic heterocycles. The van der Waals surface area contributed by atoms with Gasteiger partial charge in [0.15, 0.2) is 12.6 Å². The molecule has 0 saturated heterocycles. The minimum Gasteiger partial charge on any atom is -0.467 e. The summed E-state index contributed by atoms with van der Waals surface area (Å²) in [6.07, 6.45) is 3.58. The van der Waals surface area contributed by atoms with Gasteiger partial charge in [-0.3, -0.25) is 0 Å². The molecule has 0 aliphatic rings. The van der Waals surface area contributed by atoms with Crippen LogP contribution in [0, 0.1) is 0 Å². The van der Waals surface area contributed by atoms with Crippen LogP contribution in [0.2, 0.25) is 0 Å². The number of thioether (sulfide) groups is 1. The third kappa shape index (κ3) is 3.63. The van der Waals surface area contributed by atoms with Crippen LogP contribution in [-0.2, 0) is 4.74 Å². The molecule has 2 heterocycles. The molecule has 0 fully saturated rings. The number of aromatic nitrogens is 5. The molecular weight excluding hydrogens is 334 g/mol. The van der Waals surface area contributed by atoms with Gasteiger partial charge in [0.1, 0.15) is 17.0 Å². The van der Waals surface area contributed by atoms with E-state index in [9.17, 15) is 0 Å². The Bertz CT molecular complexity index is 765. The van der Waals surface area contributed by atoms with Gasteiger partial charge in [-0.1, -0.05) is 17.8 Å². The van der Waals surface area contributed by atoms with E-state index < -0.39 is 0 Å². The van der Waals surface area contributed by atoms with E-state index in [0.29, 0.717) is 22.4 Å². The second-order valence-corrected chi connectivity index (χ2v) is 5.72. The predicted octanol–water partition coefficient (Wildman–Crippen LogP) is 2.76. The van der Waals surface area contributed by atoms with E-state index in [1.54, 1.807) is 18.8 Å². The number of methoxy groups -OCH3 is 1. The van der Waals surface area contributed by atoms with Gasteiger partial charge < -0.3 is 9.47 Å². The van der Waals surface area contributed by atoms with Gasteiger partial charge in [-0.25, -0.2) is 9.97 Å². The monoisotopic (exact) mass is 347 g/mol. The SMILES string of the molecule is COCOc1cc(-c2ncsn2)ccc1-c1cnc(SC)nn1. The van der Waals surface area contributed by atoms with Crippen molar-refractivity contribution in [3.05, 3.63) is 29.9 Å². The molecule has 2 aromatic heterocycles. The molecule has 3 aromatic rings. The molecule has 118 valence electrons. The zero-order chi connectivity index (χ0) is 16.1. The van der Waals surface area contributed by atoms with E-state index in [2.05, 4.69) is 24.5 Å². The van der Waals surface area contributed by atoms with E-state index in [-0.39, 0.29) is 6.79 Å². The molecule has 0 saturated carbocycles. The summed E-state index contributed by atoms with van der Waals surface area (Å²) in [6.45, 7) is 0.130. The number of hydrogen-bond donors (Lipinski definition) is 0. The number of hydrogen-bond acceptors (Lipinski definition) is 9. The molecule has 0 spiro atoms. The number of nitrogens with zero attached hydrogens (tertiary/aromatic N) is 5. The van der Waals surface area contributed by atoms with Gasteiger partial charge in [-0.15, -0.1) is 10.2 Å². The Morgan fingerprint density at radius 2 is 2.13 bits per heavy atom. The van der Waals surface area contributed by atoms with Gasteiger partial charge >= 0.3 is 0 Å². The van der Waals surface area contributed by atoms with E-state index in [4.69, 9.17) is 9.47 Å². The van der Waals surface area contributed by atoms with Crippen LogP contribution in [0.1, 0.15) is 0 Å². The Balaban J connectivity index is 2.00. The first-order valence-corrected chi connectivity index (χ1v) is 8.64. The largest absolute Gasteiger partial charge is 0.467 e. The first kappa shape index (κ1) is 15.8. The summed E-state index contributed by atoms with van der Waals surface area (Å²) in [5.41, 5.74) is 3.97. The molecule has 0 atom stereocenters. The zero-order valence-corrected chi connectivity index (χ0v) is 14.1. The topological polar surface area (TPSA) is 82.9 Å². The van der Waals surface area contributed by atoms with Gasteiger partial charge in [0.05, 0.1) is 6.20 Å². The van der Waals surface area contributed by atoms with E-state index in [1.807, 2.05) is 24.5 Å². The summed E-state index contributed by atoms with van der Waals surface area (Å²) in [7, 11) is 1.57. The van der Waals surface area contributed by atoms with Crippen LogP contribution in [0.15, 0.2) is 35.1 Å². The van der Waals surface area contributed by atoms with E-state index >= 15 is 0 Å². The van der Waals surface area contributed by atoms with Gasteiger partial charge in [-0.2, -0.15) is 4.37 Å². The van der Waals surface area contributed by atoms with Crippen molar-refractivity contribution < 1.29 is 9.47 Å². The van der Waals surface area contributed by atoms with Crippen molar-refractivity contribution in [2.75, 3.05) is 20.2 Å². The molecule has 1 aromatic carbocycles. The third-order valence-corrected chi connectivity index (χ3v) is 3.96. The average molecular weight is 347 g/mol. The number of ether oxygens (including phenoxy) is 2. The standard InChI is InChI=1S/C14H13N5O2S2/c1-20-8-21-12-5-9(13-16-7-23-19-13)3-4-10(12)11-6-15-14(22-2)18-17-11/h3-7H,8H2,1-2H3. The van der Waals surface area contributed by atoms with E-state index in [1.165, 1.54) is 23.3 Å². The molecule has 0 N–H and O–H groups in total. The second-order valence-electron chi connectivity index (χ2n) is 4.35. The lowest BCUT2D eigenvalue weighted by atomic mass is 10.1. The second kappa shape index (κ2) is 7.44. The molecule has 0 aliphatic carbocycles. The van der Waals surface area contributed by atoms with Gasteiger partial charge in [-0.05, 0) is 29.9 Å². The Morgan fingerprint density at radius 1 is 1.22 bits per heavy atom. The lowest BCUT2D eigenvalue weighted by Gasteiger charge is -2.11. The van der Waals surface area contributed by atoms with Crippen LogP contribution in [0.3, 0.4) is 0 Å². The van der Waals surface area contributed by atoms with Crippen LogP contribution in [0.25, 0.3) is 22.6 Å². The maximum atomic E-state index is 5.66. The van der Waals surface area contributed by atoms with Crippen LogP contribution < -0.4 is 4.74 Å². The van der Waals surface area contributed by atoms with Crippen molar-refractivity contribution in [1.82, 2.24) is 24.5 Å². The van der Waals surface area contributed by atoms with E-state index in [0.717, 1.165) is 11.1 Å². The van der Waals surface area contributed by atoms with Gasteiger partial charge in [0, 0.05) is 18.2 Å². The quantitative estimate of drug-likeness (QED) is 0.497. The number of rotatable bonds is 6. The molecule has 23 heavy (non-hydrogen) atoms. The first-order chi connectivity index (χ1) is 11.3. The van der Waals surface area contributed by atoms with Crippen molar-refractivity contribution in [3.8, 4) is 28.4 Å². The molecule has 3 rings (SSSR count). The maximum Gasteiger partial charge on any atom is 0.208 e. The average Bonchev–Trinajstić information content (AvgIpc) is 3.14.